The molecule has 0 radical (unpaired) electrons. The summed E-state index contributed by atoms with van der Waals surface area (Å²) in [5, 5.41) is 19.1. The molecule has 2 aromatic rings. The molecule has 1 atom stereocenters. The van der Waals surface area contributed by atoms with Crippen molar-refractivity contribution in [3.63, 3.8) is 0 Å². The SMILES string of the molecule is Cc1c(Oc2cnccn2)cc2c(c1C)C(CC(=O)O)OB2O. The van der Waals surface area contributed by atoms with Gasteiger partial charge in [0.2, 0.25) is 5.88 Å². The van der Waals surface area contributed by atoms with Crippen molar-refractivity contribution in [2.24, 2.45) is 0 Å². The summed E-state index contributed by atoms with van der Waals surface area (Å²) in [5.41, 5.74) is 2.91. The number of aromatic nitrogens is 2. The van der Waals surface area contributed by atoms with Crippen molar-refractivity contribution in [1.82, 2.24) is 9.97 Å². The van der Waals surface area contributed by atoms with Gasteiger partial charge in [-0.2, -0.15) is 0 Å². The Labute approximate surface area is 133 Å². The summed E-state index contributed by atoms with van der Waals surface area (Å²) in [6, 6.07) is 1.67. The number of hydrogen-bond donors (Lipinski definition) is 2. The van der Waals surface area contributed by atoms with E-state index in [2.05, 4.69) is 9.97 Å². The number of ether oxygens (including phenoxy) is 1. The van der Waals surface area contributed by atoms with Gasteiger partial charge in [0.25, 0.3) is 0 Å². The standard InChI is InChI=1S/C15H15BN2O5/c1-8-9(2)15-10(16(21)23-12(15)6-14(19)20)5-11(8)22-13-7-17-3-4-18-13/h3-5,7,12,21H,6H2,1-2H3,(H,19,20). The second kappa shape index (κ2) is 5.98. The van der Waals surface area contributed by atoms with Crippen molar-refractivity contribution >= 4 is 18.6 Å². The number of carboxylic acid groups (broad SMARTS) is 1. The number of hydrogen-bond acceptors (Lipinski definition) is 6. The van der Waals surface area contributed by atoms with Crippen molar-refractivity contribution in [2.45, 2.75) is 26.4 Å². The van der Waals surface area contributed by atoms with Gasteiger partial charge in [-0.15, -0.1) is 0 Å². The molecule has 0 saturated heterocycles. The van der Waals surface area contributed by atoms with Gasteiger partial charge < -0.3 is 19.5 Å². The van der Waals surface area contributed by atoms with Crippen molar-refractivity contribution in [2.75, 3.05) is 0 Å². The fourth-order valence-electron chi connectivity index (χ4n) is 2.72. The predicted molar refractivity (Wildman–Crippen MR) is 81.7 cm³/mol. The van der Waals surface area contributed by atoms with E-state index in [0.717, 1.165) is 11.1 Å². The first kappa shape index (κ1) is 15.5. The van der Waals surface area contributed by atoms with Crippen molar-refractivity contribution in [3.05, 3.63) is 41.3 Å². The molecule has 0 bridgehead atoms. The molecule has 1 aromatic heterocycles. The Morgan fingerprint density at radius 1 is 1.39 bits per heavy atom. The van der Waals surface area contributed by atoms with Crippen LogP contribution in [-0.4, -0.2) is 33.2 Å². The molecule has 1 aliphatic heterocycles. The third-order valence-corrected chi connectivity index (χ3v) is 3.93. The molecule has 3 rings (SSSR count). The van der Waals surface area contributed by atoms with Gasteiger partial charge in [0.05, 0.1) is 18.7 Å². The summed E-state index contributed by atoms with van der Waals surface area (Å²) in [4.78, 5) is 19.0. The summed E-state index contributed by atoms with van der Waals surface area (Å²) < 4.78 is 11.1. The van der Waals surface area contributed by atoms with E-state index < -0.39 is 19.2 Å². The van der Waals surface area contributed by atoms with Crippen LogP contribution < -0.4 is 10.2 Å². The van der Waals surface area contributed by atoms with E-state index in [4.69, 9.17) is 14.5 Å². The molecule has 2 N–H and O–H groups in total. The third-order valence-electron chi connectivity index (χ3n) is 3.93. The number of rotatable bonds is 4. The Morgan fingerprint density at radius 2 is 2.17 bits per heavy atom. The first-order chi connectivity index (χ1) is 11.0. The van der Waals surface area contributed by atoms with Gasteiger partial charge in [-0.25, -0.2) is 4.98 Å². The summed E-state index contributed by atoms with van der Waals surface area (Å²) >= 11 is 0. The molecule has 118 valence electrons. The smallest absolute Gasteiger partial charge is 0.481 e. The molecule has 1 unspecified atom stereocenters. The Balaban J connectivity index is 2.01. The summed E-state index contributed by atoms with van der Waals surface area (Å²) in [6.45, 7) is 3.72. The highest BCUT2D eigenvalue weighted by atomic mass is 16.5. The molecule has 0 aliphatic carbocycles. The number of nitrogens with zero attached hydrogens (tertiary/aromatic N) is 2. The van der Waals surface area contributed by atoms with E-state index in [9.17, 15) is 9.82 Å². The lowest BCUT2D eigenvalue weighted by atomic mass is 9.76. The average Bonchev–Trinajstić information content (AvgIpc) is 2.81. The molecule has 0 fully saturated rings. The molecule has 0 spiro atoms. The lowest BCUT2D eigenvalue weighted by Gasteiger charge is -2.16. The maximum absolute atomic E-state index is 11.0. The van der Waals surface area contributed by atoms with Gasteiger partial charge in [0.1, 0.15) is 5.75 Å². The van der Waals surface area contributed by atoms with Gasteiger partial charge in [0, 0.05) is 12.4 Å². The zero-order valence-electron chi connectivity index (χ0n) is 12.7. The highest BCUT2D eigenvalue weighted by molar-refractivity contribution is 6.62. The fraction of sp³-hybridized carbons (Fsp3) is 0.267. The minimum atomic E-state index is -1.17. The molecule has 0 amide bonds. The highest BCUT2D eigenvalue weighted by Crippen LogP contribution is 2.35. The quantitative estimate of drug-likeness (QED) is 0.815. The zero-order chi connectivity index (χ0) is 16.6. The molecule has 1 aliphatic rings. The fourth-order valence-corrected chi connectivity index (χ4v) is 2.72. The Morgan fingerprint density at radius 3 is 2.83 bits per heavy atom. The van der Waals surface area contributed by atoms with E-state index in [1.165, 1.54) is 12.4 Å². The minimum absolute atomic E-state index is 0.200. The monoisotopic (exact) mass is 314 g/mol. The van der Waals surface area contributed by atoms with E-state index in [-0.39, 0.29) is 6.42 Å². The Hall–Kier alpha value is -2.45. The normalized spacial score (nSPS) is 16.3. The summed E-state index contributed by atoms with van der Waals surface area (Å²) in [7, 11) is -1.17. The minimum Gasteiger partial charge on any atom is -0.481 e. The van der Waals surface area contributed by atoms with Crippen LogP contribution in [0.3, 0.4) is 0 Å². The molecule has 2 heterocycles. The van der Waals surface area contributed by atoms with Crippen LogP contribution >= 0.6 is 0 Å². The highest BCUT2D eigenvalue weighted by Gasteiger charge is 2.38. The van der Waals surface area contributed by atoms with Crippen LogP contribution in [0.15, 0.2) is 24.7 Å². The molecule has 1 aromatic carbocycles. The van der Waals surface area contributed by atoms with Crippen LogP contribution in [-0.2, 0) is 9.45 Å². The maximum atomic E-state index is 11.0. The second-order valence-corrected chi connectivity index (χ2v) is 5.35. The zero-order valence-corrected chi connectivity index (χ0v) is 12.7. The van der Waals surface area contributed by atoms with Crippen LogP contribution in [0.25, 0.3) is 0 Å². The summed E-state index contributed by atoms with van der Waals surface area (Å²) in [5.74, 6) is -0.113. The van der Waals surface area contributed by atoms with Crippen molar-refractivity contribution < 1.29 is 24.3 Å². The second-order valence-electron chi connectivity index (χ2n) is 5.35. The van der Waals surface area contributed by atoms with E-state index in [0.29, 0.717) is 22.7 Å². The van der Waals surface area contributed by atoms with Gasteiger partial charge in [-0.05, 0) is 42.1 Å². The van der Waals surface area contributed by atoms with Crippen LogP contribution in [0.5, 0.6) is 11.6 Å². The number of carbonyl (C=O) groups is 1. The van der Waals surface area contributed by atoms with Gasteiger partial charge in [-0.3, -0.25) is 9.78 Å². The molecular formula is C15H15BN2O5. The van der Waals surface area contributed by atoms with Gasteiger partial charge >= 0.3 is 13.1 Å². The Kier molecular flexibility index (Phi) is 4.02. The molecule has 7 nitrogen and oxygen atoms in total. The topological polar surface area (TPSA) is 102 Å². The number of fused-ring (bicyclic) bond motifs is 1. The lowest BCUT2D eigenvalue weighted by molar-refractivity contribution is -0.138. The van der Waals surface area contributed by atoms with E-state index in [1.807, 2.05) is 13.8 Å². The van der Waals surface area contributed by atoms with E-state index >= 15 is 0 Å². The van der Waals surface area contributed by atoms with Crippen LogP contribution in [0.2, 0.25) is 0 Å². The van der Waals surface area contributed by atoms with Crippen molar-refractivity contribution in [1.29, 1.82) is 0 Å². The van der Waals surface area contributed by atoms with E-state index in [1.54, 1.807) is 12.3 Å². The number of carboxylic acids is 1. The van der Waals surface area contributed by atoms with Gasteiger partial charge in [-0.1, -0.05) is 0 Å². The molecule has 23 heavy (non-hydrogen) atoms. The first-order valence-corrected chi connectivity index (χ1v) is 7.10. The Bertz CT molecular complexity index is 753. The molecule has 0 saturated carbocycles. The summed E-state index contributed by atoms with van der Waals surface area (Å²) in [6.07, 6.45) is 3.69. The average molecular weight is 314 g/mol. The maximum Gasteiger partial charge on any atom is 0.492 e. The first-order valence-electron chi connectivity index (χ1n) is 7.10. The molecule has 8 heteroatoms. The van der Waals surface area contributed by atoms with Crippen LogP contribution in [0.4, 0.5) is 0 Å². The third kappa shape index (κ3) is 2.90. The number of benzene rings is 1. The number of aliphatic carboxylic acids is 1. The molecular weight excluding hydrogens is 299 g/mol. The largest absolute Gasteiger partial charge is 0.492 e. The van der Waals surface area contributed by atoms with Crippen molar-refractivity contribution in [3.8, 4) is 11.6 Å². The van der Waals surface area contributed by atoms with Gasteiger partial charge in [0.15, 0.2) is 0 Å². The van der Waals surface area contributed by atoms with Crippen LogP contribution in [0.1, 0.15) is 29.2 Å². The van der Waals surface area contributed by atoms with Crippen LogP contribution in [0, 0.1) is 13.8 Å². The predicted octanol–water partition coefficient (Wildman–Crippen LogP) is 1.12. The lowest BCUT2D eigenvalue weighted by Crippen LogP contribution is -2.28.